The normalized spacial score (nSPS) is 9.24. The number of hydrogen-bond acceptors (Lipinski definition) is 1. The van der Waals surface area contributed by atoms with E-state index in [4.69, 9.17) is 0 Å². The highest BCUT2D eigenvalue weighted by atomic mass is 32.1. The van der Waals surface area contributed by atoms with E-state index in [2.05, 4.69) is 24.5 Å². The van der Waals surface area contributed by atoms with Gasteiger partial charge in [-0.3, -0.25) is 4.79 Å². The molecule has 2 rings (SSSR count). The Bertz CT molecular complexity index is 591. The van der Waals surface area contributed by atoms with Crippen molar-refractivity contribution in [1.82, 2.24) is 0 Å². The summed E-state index contributed by atoms with van der Waals surface area (Å²) in [6.45, 7) is 0. The second kappa shape index (κ2) is 5.38. The largest absolute Gasteiger partial charge is 0.282 e. The van der Waals surface area contributed by atoms with E-state index in [1.807, 2.05) is 42.5 Å². The van der Waals surface area contributed by atoms with Crippen molar-refractivity contribution in [2.24, 2.45) is 0 Å². The summed E-state index contributed by atoms with van der Waals surface area (Å²) in [5.74, 6) is 6.01. The molecule has 0 fully saturated rings. The van der Waals surface area contributed by atoms with E-state index in [0.29, 0.717) is 11.1 Å². The number of thiol groups is 1. The van der Waals surface area contributed by atoms with Crippen molar-refractivity contribution >= 4 is 17.7 Å². The molecule has 0 atom stereocenters. The van der Waals surface area contributed by atoms with Crippen LogP contribution in [0.15, 0.2) is 54.6 Å². The first kappa shape index (κ1) is 11.5. The van der Waals surface area contributed by atoms with E-state index >= 15 is 0 Å². The minimum absolute atomic E-state index is 0.261. The molecule has 0 radical (unpaired) electrons. The van der Waals surface area contributed by atoms with Gasteiger partial charge in [-0.2, -0.15) is 0 Å². The monoisotopic (exact) mass is 238 g/mol. The number of carbonyl (C=O) groups is 1. The molecule has 0 spiro atoms. The lowest BCUT2D eigenvalue weighted by atomic mass is 10.1. The van der Waals surface area contributed by atoms with Crippen LogP contribution in [0.1, 0.15) is 21.5 Å². The third-order valence-electron chi connectivity index (χ3n) is 2.27. The van der Waals surface area contributed by atoms with Gasteiger partial charge in [0.15, 0.2) is 0 Å². The third kappa shape index (κ3) is 2.99. The Labute approximate surface area is 106 Å². The van der Waals surface area contributed by atoms with Gasteiger partial charge >= 0.3 is 0 Å². The number of carbonyl (C=O) groups excluding carboxylic acids is 1. The lowest BCUT2D eigenvalue weighted by Crippen LogP contribution is -1.93. The molecule has 82 valence electrons. The molecule has 0 bridgehead atoms. The van der Waals surface area contributed by atoms with Crippen molar-refractivity contribution < 1.29 is 4.79 Å². The summed E-state index contributed by atoms with van der Waals surface area (Å²) in [4.78, 5) is 11.3. The van der Waals surface area contributed by atoms with Crippen molar-refractivity contribution in [3.05, 3.63) is 71.3 Å². The van der Waals surface area contributed by atoms with Gasteiger partial charge in [-0.1, -0.05) is 42.2 Å². The van der Waals surface area contributed by atoms with Crippen LogP contribution in [0.3, 0.4) is 0 Å². The van der Waals surface area contributed by atoms with E-state index in [9.17, 15) is 4.79 Å². The van der Waals surface area contributed by atoms with Crippen LogP contribution in [-0.2, 0) is 0 Å². The smallest absolute Gasteiger partial charge is 0.217 e. The summed E-state index contributed by atoms with van der Waals surface area (Å²) in [7, 11) is 0. The molecule has 0 aliphatic heterocycles. The average Bonchev–Trinajstić information content (AvgIpc) is 2.38. The first-order valence-corrected chi connectivity index (χ1v) is 5.61. The molecule has 0 heterocycles. The standard InChI is InChI=1S/C15H10OS/c16-15(17)14-9-5-4-8-13(14)11-10-12-6-2-1-3-7-12/h1-9H,(H,16,17). The highest BCUT2D eigenvalue weighted by Gasteiger charge is 2.03. The Morgan fingerprint density at radius 2 is 1.53 bits per heavy atom. The van der Waals surface area contributed by atoms with Gasteiger partial charge in [0.1, 0.15) is 0 Å². The van der Waals surface area contributed by atoms with Crippen molar-refractivity contribution in [2.45, 2.75) is 0 Å². The topological polar surface area (TPSA) is 17.1 Å². The van der Waals surface area contributed by atoms with Gasteiger partial charge in [-0.25, -0.2) is 0 Å². The Hall–Kier alpha value is -1.98. The molecule has 2 heteroatoms. The molecule has 17 heavy (non-hydrogen) atoms. The van der Waals surface area contributed by atoms with Crippen LogP contribution < -0.4 is 0 Å². The van der Waals surface area contributed by atoms with Crippen molar-refractivity contribution in [1.29, 1.82) is 0 Å². The highest BCUT2D eigenvalue weighted by molar-refractivity contribution is 7.97. The Kier molecular flexibility index (Phi) is 3.64. The van der Waals surface area contributed by atoms with Crippen molar-refractivity contribution in [2.75, 3.05) is 0 Å². The molecule has 0 aromatic heterocycles. The molecular formula is C15H10OS. The van der Waals surface area contributed by atoms with Crippen LogP contribution >= 0.6 is 12.6 Å². The van der Waals surface area contributed by atoms with Crippen LogP contribution in [-0.4, -0.2) is 5.12 Å². The van der Waals surface area contributed by atoms with Crippen LogP contribution in [0.4, 0.5) is 0 Å². The van der Waals surface area contributed by atoms with Gasteiger partial charge in [0.2, 0.25) is 5.12 Å². The first-order valence-electron chi connectivity index (χ1n) is 5.17. The van der Waals surface area contributed by atoms with Gasteiger partial charge in [-0.05, 0) is 24.3 Å². The average molecular weight is 238 g/mol. The van der Waals surface area contributed by atoms with Gasteiger partial charge < -0.3 is 0 Å². The fraction of sp³-hybridized carbons (Fsp3) is 0. The summed E-state index contributed by atoms with van der Waals surface area (Å²) in [6.07, 6.45) is 0. The van der Waals surface area contributed by atoms with Crippen LogP contribution in [0.5, 0.6) is 0 Å². The summed E-state index contributed by atoms with van der Waals surface area (Å²) < 4.78 is 0. The fourth-order valence-electron chi connectivity index (χ4n) is 1.44. The van der Waals surface area contributed by atoms with Crippen LogP contribution in [0.25, 0.3) is 0 Å². The second-order valence-corrected chi connectivity index (χ2v) is 3.87. The molecule has 0 aliphatic carbocycles. The van der Waals surface area contributed by atoms with Gasteiger partial charge in [-0.15, -0.1) is 12.6 Å². The minimum Gasteiger partial charge on any atom is -0.282 e. The lowest BCUT2D eigenvalue weighted by Gasteiger charge is -1.97. The molecule has 0 amide bonds. The molecule has 1 nitrogen and oxygen atoms in total. The third-order valence-corrected chi connectivity index (χ3v) is 2.51. The maximum absolute atomic E-state index is 11.3. The molecule has 0 aliphatic rings. The molecule has 2 aromatic rings. The van der Waals surface area contributed by atoms with Crippen molar-refractivity contribution in [3.8, 4) is 11.8 Å². The zero-order valence-corrected chi connectivity index (χ0v) is 9.95. The van der Waals surface area contributed by atoms with E-state index in [1.54, 1.807) is 12.1 Å². The van der Waals surface area contributed by atoms with E-state index in [-0.39, 0.29) is 5.12 Å². The first-order chi connectivity index (χ1) is 8.27. The molecule has 0 N–H and O–H groups in total. The van der Waals surface area contributed by atoms with E-state index in [1.165, 1.54) is 0 Å². The van der Waals surface area contributed by atoms with Gasteiger partial charge in [0, 0.05) is 16.7 Å². The quantitative estimate of drug-likeness (QED) is 0.596. The number of rotatable bonds is 1. The fourth-order valence-corrected chi connectivity index (χ4v) is 1.63. The lowest BCUT2D eigenvalue weighted by molar-refractivity contribution is 0.109. The number of benzene rings is 2. The maximum Gasteiger partial charge on any atom is 0.217 e. The Morgan fingerprint density at radius 3 is 2.24 bits per heavy atom. The zero-order valence-electron chi connectivity index (χ0n) is 9.05. The minimum atomic E-state index is -0.261. The molecular weight excluding hydrogens is 228 g/mol. The van der Waals surface area contributed by atoms with Gasteiger partial charge in [0.05, 0.1) is 0 Å². The zero-order chi connectivity index (χ0) is 12.1. The summed E-state index contributed by atoms with van der Waals surface area (Å²) in [5, 5.41) is -0.261. The summed E-state index contributed by atoms with van der Waals surface area (Å²) in [5.41, 5.74) is 2.17. The predicted molar refractivity (Wildman–Crippen MR) is 72.2 cm³/mol. The molecule has 0 saturated carbocycles. The Morgan fingerprint density at radius 1 is 0.882 bits per heavy atom. The number of hydrogen-bond donors (Lipinski definition) is 1. The van der Waals surface area contributed by atoms with E-state index < -0.39 is 0 Å². The highest BCUT2D eigenvalue weighted by Crippen LogP contribution is 2.10. The Balaban J connectivity index is 2.38. The second-order valence-electron chi connectivity index (χ2n) is 3.47. The molecule has 2 aromatic carbocycles. The molecule has 0 saturated heterocycles. The van der Waals surface area contributed by atoms with Crippen LogP contribution in [0.2, 0.25) is 0 Å². The maximum atomic E-state index is 11.3. The van der Waals surface area contributed by atoms with Gasteiger partial charge in [0.25, 0.3) is 0 Å². The molecule has 0 unspecified atom stereocenters. The van der Waals surface area contributed by atoms with E-state index in [0.717, 1.165) is 5.56 Å². The van der Waals surface area contributed by atoms with Crippen LogP contribution in [0, 0.1) is 11.8 Å². The summed E-state index contributed by atoms with van der Waals surface area (Å²) in [6, 6.07) is 16.9. The van der Waals surface area contributed by atoms with Crippen molar-refractivity contribution in [3.63, 3.8) is 0 Å². The predicted octanol–water partition coefficient (Wildman–Crippen LogP) is 3.16. The summed E-state index contributed by atoms with van der Waals surface area (Å²) >= 11 is 3.83. The SMILES string of the molecule is O=C(S)c1ccccc1C#Cc1ccccc1.